The molecule has 22 heavy (non-hydrogen) atoms. The van der Waals surface area contributed by atoms with E-state index in [2.05, 4.69) is 0 Å². The molecule has 0 saturated heterocycles. The van der Waals surface area contributed by atoms with Crippen molar-refractivity contribution in [2.75, 3.05) is 14.1 Å². The average Bonchev–Trinajstić information content (AvgIpc) is 2.44. The van der Waals surface area contributed by atoms with Gasteiger partial charge in [0, 0.05) is 18.3 Å². The fraction of sp³-hybridized carbons (Fsp3) is 0.250. The Hall–Kier alpha value is -2.60. The molecular formula is C16H18N2O4. The third kappa shape index (κ3) is 3.35. The van der Waals surface area contributed by atoms with E-state index in [-0.39, 0.29) is 0 Å². The van der Waals surface area contributed by atoms with Crippen molar-refractivity contribution in [3.8, 4) is 5.75 Å². The highest BCUT2D eigenvalue weighted by atomic mass is 16.4. The summed E-state index contributed by atoms with van der Waals surface area (Å²) in [6.07, 6.45) is 1.19. The zero-order valence-electron chi connectivity index (χ0n) is 12.4. The van der Waals surface area contributed by atoms with E-state index in [1.54, 1.807) is 30.3 Å². The largest absolute Gasteiger partial charge is 0.503 e. The molecule has 1 aromatic carbocycles. The molecule has 0 radical (unpaired) electrons. The highest BCUT2D eigenvalue weighted by Crippen LogP contribution is 2.22. The van der Waals surface area contributed by atoms with Gasteiger partial charge in [-0.3, -0.25) is 4.79 Å². The maximum Gasteiger partial charge on any atom is 0.331 e. The zero-order chi connectivity index (χ0) is 16.3. The van der Waals surface area contributed by atoms with Gasteiger partial charge in [0.25, 0.3) is 0 Å². The third-order valence-electron chi connectivity index (χ3n) is 3.25. The lowest BCUT2D eigenvalue weighted by Crippen LogP contribution is -2.27. The van der Waals surface area contributed by atoms with Gasteiger partial charge >= 0.3 is 5.97 Å². The second-order valence-corrected chi connectivity index (χ2v) is 5.31. The summed E-state index contributed by atoms with van der Waals surface area (Å²) in [7, 11) is 3.64. The van der Waals surface area contributed by atoms with Crippen molar-refractivity contribution in [3.05, 3.63) is 64.1 Å². The summed E-state index contributed by atoms with van der Waals surface area (Å²) in [4.78, 5) is 25.2. The highest BCUT2D eigenvalue weighted by molar-refractivity contribution is 5.76. The number of hydrogen-bond donors (Lipinski definition) is 2. The lowest BCUT2D eigenvalue weighted by molar-refractivity contribution is -0.139. The maximum atomic E-state index is 11.7. The minimum atomic E-state index is -1.06. The molecule has 1 heterocycles. The molecule has 116 valence electrons. The predicted octanol–water partition coefficient (Wildman–Crippen LogP) is 1.29. The number of carboxylic acid groups (broad SMARTS) is 1. The van der Waals surface area contributed by atoms with E-state index in [4.69, 9.17) is 0 Å². The Bertz CT molecular complexity index is 723. The lowest BCUT2D eigenvalue weighted by Gasteiger charge is -2.23. The van der Waals surface area contributed by atoms with Crippen LogP contribution in [0.2, 0.25) is 0 Å². The molecule has 1 unspecified atom stereocenters. The first-order chi connectivity index (χ1) is 10.4. The van der Waals surface area contributed by atoms with E-state index in [1.165, 1.54) is 16.8 Å². The van der Waals surface area contributed by atoms with E-state index in [0.29, 0.717) is 17.8 Å². The first kappa shape index (κ1) is 15.8. The third-order valence-corrected chi connectivity index (χ3v) is 3.25. The number of aromatic hydroxyl groups is 1. The van der Waals surface area contributed by atoms with Gasteiger partial charge in [0.2, 0.25) is 5.43 Å². The van der Waals surface area contributed by atoms with Crippen LogP contribution in [-0.4, -0.2) is 39.7 Å². The quantitative estimate of drug-likeness (QED) is 0.869. The molecule has 0 saturated carbocycles. The van der Waals surface area contributed by atoms with E-state index in [9.17, 15) is 19.8 Å². The summed E-state index contributed by atoms with van der Waals surface area (Å²) in [5.74, 6) is -1.53. The molecule has 0 amide bonds. The second-order valence-electron chi connectivity index (χ2n) is 5.31. The molecule has 2 N–H and O–H groups in total. The van der Waals surface area contributed by atoms with Crippen molar-refractivity contribution in [2.24, 2.45) is 0 Å². The topological polar surface area (TPSA) is 82.8 Å². The number of benzene rings is 1. The summed E-state index contributed by atoms with van der Waals surface area (Å²) < 4.78 is 1.42. The molecule has 0 spiro atoms. The maximum absolute atomic E-state index is 11.7. The number of pyridine rings is 1. The molecule has 0 aliphatic carbocycles. The number of nitrogens with zero attached hydrogens (tertiary/aromatic N) is 2. The molecule has 2 aromatic rings. The average molecular weight is 302 g/mol. The number of carboxylic acids is 1. The molecular weight excluding hydrogens is 284 g/mol. The Kier molecular flexibility index (Phi) is 4.62. The van der Waals surface area contributed by atoms with Crippen LogP contribution in [0.3, 0.4) is 0 Å². The predicted molar refractivity (Wildman–Crippen MR) is 82.0 cm³/mol. The smallest absolute Gasteiger partial charge is 0.331 e. The molecule has 0 aliphatic rings. The van der Waals surface area contributed by atoms with E-state index in [1.807, 2.05) is 19.0 Å². The lowest BCUT2D eigenvalue weighted by atomic mass is 10.1. The van der Waals surface area contributed by atoms with E-state index < -0.39 is 23.2 Å². The van der Waals surface area contributed by atoms with Gasteiger partial charge < -0.3 is 19.7 Å². The van der Waals surface area contributed by atoms with Crippen LogP contribution in [-0.2, 0) is 11.3 Å². The normalized spacial score (nSPS) is 12.3. The fourth-order valence-electron chi connectivity index (χ4n) is 2.33. The molecule has 1 aromatic heterocycles. The van der Waals surface area contributed by atoms with Gasteiger partial charge in [-0.15, -0.1) is 0 Å². The van der Waals surface area contributed by atoms with Gasteiger partial charge in [-0.2, -0.15) is 0 Å². The first-order valence-corrected chi connectivity index (χ1v) is 6.76. The van der Waals surface area contributed by atoms with Gasteiger partial charge in [-0.1, -0.05) is 30.3 Å². The standard InChI is InChI=1S/C16H18N2O4/c1-17(2)9-12-8-13(19)14(20)10-18(12)15(16(21)22)11-6-4-3-5-7-11/h3-8,10,15,20H,9H2,1-2H3,(H,21,22). The Morgan fingerprint density at radius 2 is 1.91 bits per heavy atom. The summed E-state index contributed by atoms with van der Waals surface area (Å²) in [6.45, 7) is 0.381. The number of aromatic nitrogens is 1. The van der Waals surface area contributed by atoms with Crippen LogP contribution in [0.15, 0.2) is 47.4 Å². The molecule has 0 fully saturated rings. The van der Waals surface area contributed by atoms with Crippen LogP contribution in [0.1, 0.15) is 17.3 Å². The number of aliphatic carboxylic acids is 1. The Morgan fingerprint density at radius 3 is 2.45 bits per heavy atom. The molecule has 6 heteroatoms. The monoisotopic (exact) mass is 302 g/mol. The number of hydrogen-bond acceptors (Lipinski definition) is 4. The summed E-state index contributed by atoms with van der Waals surface area (Å²) >= 11 is 0. The highest BCUT2D eigenvalue weighted by Gasteiger charge is 2.24. The summed E-state index contributed by atoms with van der Waals surface area (Å²) in [6, 6.07) is 8.96. The minimum Gasteiger partial charge on any atom is -0.503 e. The van der Waals surface area contributed by atoms with E-state index in [0.717, 1.165) is 0 Å². The SMILES string of the molecule is CN(C)Cc1cc(=O)c(O)cn1C(C(=O)O)c1ccccc1. The molecule has 6 nitrogen and oxygen atoms in total. The Morgan fingerprint density at radius 1 is 1.27 bits per heavy atom. The molecule has 1 atom stereocenters. The van der Waals surface area contributed by atoms with Crippen molar-refractivity contribution in [1.82, 2.24) is 9.47 Å². The van der Waals surface area contributed by atoms with Gasteiger partial charge in [0.15, 0.2) is 11.8 Å². The minimum absolute atomic E-state index is 0.381. The van der Waals surface area contributed by atoms with Crippen LogP contribution >= 0.6 is 0 Å². The van der Waals surface area contributed by atoms with Crippen LogP contribution in [0.5, 0.6) is 5.75 Å². The van der Waals surface area contributed by atoms with Crippen LogP contribution in [0.25, 0.3) is 0 Å². The van der Waals surface area contributed by atoms with Crippen LogP contribution < -0.4 is 5.43 Å². The summed E-state index contributed by atoms with van der Waals surface area (Å²) in [5, 5.41) is 19.3. The zero-order valence-corrected chi connectivity index (χ0v) is 12.4. The van der Waals surface area contributed by atoms with Crippen molar-refractivity contribution in [3.63, 3.8) is 0 Å². The number of rotatable bonds is 5. The molecule has 0 bridgehead atoms. The Balaban J connectivity index is 2.63. The van der Waals surface area contributed by atoms with Gasteiger partial charge in [0.1, 0.15) is 0 Å². The Labute approximate surface area is 127 Å². The first-order valence-electron chi connectivity index (χ1n) is 6.76. The van der Waals surface area contributed by atoms with Crippen LogP contribution in [0, 0.1) is 0 Å². The second kappa shape index (κ2) is 6.44. The summed E-state index contributed by atoms with van der Waals surface area (Å²) in [5.41, 5.74) is 0.562. The van der Waals surface area contributed by atoms with Crippen molar-refractivity contribution >= 4 is 5.97 Å². The molecule has 2 rings (SSSR count). The van der Waals surface area contributed by atoms with Crippen molar-refractivity contribution < 1.29 is 15.0 Å². The van der Waals surface area contributed by atoms with Gasteiger partial charge in [-0.05, 0) is 19.7 Å². The van der Waals surface area contributed by atoms with Gasteiger partial charge in [0.05, 0.1) is 6.20 Å². The molecule has 0 aliphatic heterocycles. The van der Waals surface area contributed by atoms with Crippen molar-refractivity contribution in [1.29, 1.82) is 0 Å². The number of carbonyl (C=O) groups is 1. The van der Waals surface area contributed by atoms with Gasteiger partial charge in [-0.25, -0.2) is 4.79 Å². The fourth-order valence-corrected chi connectivity index (χ4v) is 2.33. The van der Waals surface area contributed by atoms with E-state index >= 15 is 0 Å². The van der Waals surface area contributed by atoms with Crippen molar-refractivity contribution in [2.45, 2.75) is 12.6 Å². The van der Waals surface area contributed by atoms with Crippen LogP contribution in [0.4, 0.5) is 0 Å².